The van der Waals surface area contributed by atoms with Crippen molar-refractivity contribution in [2.75, 3.05) is 42.7 Å². The van der Waals surface area contributed by atoms with Gasteiger partial charge in [0.15, 0.2) is 11.4 Å². The summed E-state index contributed by atoms with van der Waals surface area (Å²) in [5, 5.41) is 10.5. The van der Waals surface area contributed by atoms with Gasteiger partial charge in [0.05, 0.1) is 32.4 Å². The van der Waals surface area contributed by atoms with Gasteiger partial charge in [-0.1, -0.05) is 18.1 Å². The largest absolute Gasteiger partial charge is 0.480 e. The standard InChI is InChI=1S/C30H26F3N5O6/c1-3-17-10-20(37-8-9-42-29(16(37)2)14-41-15-29)26(34-12-17)43-18-11-21(27(39)40)38(13-18)25-24-23(35-28(36-25)30(31,32)33)19-6-4-5-7-22(19)44-24/h1,4-7,10,12,16,18,21H,8-9,11,13-15H2,2H3,(H,39,40)/t16-,18-,21-/m0/s1. The molecule has 4 aromatic rings. The summed E-state index contributed by atoms with van der Waals surface area (Å²) in [6.07, 6.45) is 1.43. The summed E-state index contributed by atoms with van der Waals surface area (Å²) in [5.74, 6) is -0.125. The molecule has 0 amide bonds. The Morgan fingerprint density at radius 1 is 1.23 bits per heavy atom. The number of nitrogens with zero attached hydrogens (tertiary/aromatic N) is 5. The van der Waals surface area contributed by atoms with Crippen molar-refractivity contribution in [3.05, 3.63) is 47.9 Å². The minimum absolute atomic E-state index is 0.0431. The van der Waals surface area contributed by atoms with E-state index < -0.39 is 35.7 Å². The normalized spacial score (nSPS) is 23.2. The van der Waals surface area contributed by atoms with Crippen LogP contribution >= 0.6 is 0 Å². The average molecular weight is 610 g/mol. The number of aliphatic carboxylic acids is 1. The van der Waals surface area contributed by atoms with Gasteiger partial charge < -0.3 is 33.5 Å². The third kappa shape index (κ3) is 4.54. The predicted octanol–water partition coefficient (Wildman–Crippen LogP) is 3.88. The number of fused-ring (bicyclic) bond motifs is 3. The van der Waals surface area contributed by atoms with E-state index in [1.165, 1.54) is 11.1 Å². The van der Waals surface area contributed by atoms with Gasteiger partial charge in [-0.05, 0) is 25.1 Å². The number of carboxylic acid groups (broad SMARTS) is 1. The van der Waals surface area contributed by atoms with Crippen molar-refractivity contribution in [3.8, 4) is 18.2 Å². The van der Waals surface area contributed by atoms with E-state index in [1.54, 1.807) is 30.3 Å². The highest BCUT2D eigenvalue weighted by Gasteiger charge is 2.50. The summed E-state index contributed by atoms with van der Waals surface area (Å²) in [6.45, 7) is 3.75. The topological polar surface area (TPSA) is 123 Å². The van der Waals surface area contributed by atoms with E-state index >= 15 is 0 Å². The molecule has 0 aliphatic carbocycles. The van der Waals surface area contributed by atoms with Gasteiger partial charge in [0.2, 0.25) is 11.7 Å². The molecule has 6 heterocycles. The monoisotopic (exact) mass is 609 g/mol. The van der Waals surface area contributed by atoms with E-state index in [0.29, 0.717) is 48.6 Å². The Bertz CT molecular complexity index is 1820. The fourth-order valence-electron chi connectivity index (χ4n) is 6.13. The molecule has 3 saturated heterocycles. The number of hydrogen-bond donors (Lipinski definition) is 1. The Labute approximate surface area is 248 Å². The van der Waals surface area contributed by atoms with Crippen molar-refractivity contribution in [2.45, 2.75) is 43.3 Å². The number of terminal acetylenes is 1. The molecule has 44 heavy (non-hydrogen) atoms. The Balaban J connectivity index is 1.26. The maximum Gasteiger partial charge on any atom is 0.451 e. The fraction of sp³-hybridized carbons (Fsp3) is 0.400. The van der Waals surface area contributed by atoms with Gasteiger partial charge >= 0.3 is 12.1 Å². The first kappa shape index (κ1) is 28.2. The molecule has 1 aromatic carbocycles. The molecule has 3 aliphatic rings. The van der Waals surface area contributed by atoms with E-state index in [9.17, 15) is 23.1 Å². The Morgan fingerprint density at radius 3 is 2.73 bits per heavy atom. The molecule has 0 saturated carbocycles. The van der Waals surface area contributed by atoms with Crippen molar-refractivity contribution in [1.82, 2.24) is 15.0 Å². The van der Waals surface area contributed by atoms with Crippen molar-refractivity contribution in [2.24, 2.45) is 0 Å². The molecule has 3 aromatic heterocycles. The molecule has 7 rings (SSSR count). The number of ether oxygens (including phenoxy) is 3. The molecule has 1 N–H and O–H groups in total. The maximum absolute atomic E-state index is 13.9. The smallest absolute Gasteiger partial charge is 0.451 e. The number of carbonyl (C=O) groups is 1. The van der Waals surface area contributed by atoms with Crippen molar-refractivity contribution in [1.29, 1.82) is 0 Å². The van der Waals surface area contributed by atoms with E-state index in [2.05, 4.69) is 25.8 Å². The summed E-state index contributed by atoms with van der Waals surface area (Å²) in [7, 11) is 0. The van der Waals surface area contributed by atoms with Crippen LogP contribution in [0, 0.1) is 12.3 Å². The van der Waals surface area contributed by atoms with E-state index in [1.807, 2.05) is 6.92 Å². The molecule has 3 fully saturated rings. The predicted molar refractivity (Wildman–Crippen MR) is 151 cm³/mol. The number of rotatable bonds is 5. The Hall–Kier alpha value is -4.61. The van der Waals surface area contributed by atoms with Crippen LogP contribution < -0.4 is 14.5 Å². The first-order valence-corrected chi connectivity index (χ1v) is 14.0. The number of benzene rings is 1. The van der Waals surface area contributed by atoms with Gasteiger partial charge in [0.1, 0.15) is 34.5 Å². The van der Waals surface area contributed by atoms with Gasteiger partial charge in [-0.15, -0.1) is 6.42 Å². The van der Waals surface area contributed by atoms with Crippen LogP contribution in [0.1, 0.15) is 24.7 Å². The van der Waals surface area contributed by atoms with E-state index in [4.69, 9.17) is 25.1 Å². The van der Waals surface area contributed by atoms with Crippen molar-refractivity contribution >= 4 is 39.5 Å². The lowest BCUT2D eigenvalue weighted by molar-refractivity contribution is -0.228. The zero-order valence-electron chi connectivity index (χ0n) is 23.4. The minimum atomic E-state index is -4.88. The molecule has 11 nitrogen and oxygen atoms in total. The highest BCUT2D eigenvalue weighted by Crippen LogP contribution is 2.41. The van der Waals surface area contributed by atoms with Crippen LogP contribution in [-0.2, 0) is 20.4 Å². The highest BCUT2D eigenvalue weighted by molar-refractivity contribution is 6.06. The second kappa shape index (κ2) is 10.2. The fourth-order valence-corrected chi connectivity index (χ4v) is 6.13. The van der Waals surface area contributed by atoms with Crippen LogP contribution in [0.25, 0.3) is 22.1 Å². The Morgan fingerprint density at radius 2 is 2.02 bits per heavy atom. The molecule has 3 atom stereocenters. The zero-order valence-corrected chi connectivity index (χ0v) is 23.4. The summed E-state index contributed by atoms with van der Waals surface area (Å²) < 4.78 is 65.6. The summed E-state index contributed by atoms with van der Waals surface area (Å²) in [4.78, 5) is 27.8. The number of aromatic nitrogens is 3. The highest BCUT2D eigenvalue weighted by atomic mass is 19.4. The van der Waals surface area contributed by atoms with E-state index in [-0.39, 0.29) is 41.8 Å². The van der Waals surface area contributed by atoms with Gasteiger partial charge in [0.25, 0.3) is 0 Å². The number of carboxylic acids is 1. The Kier molecular flexibility index (Phi) is 6.56. The van der Waals surface area contributed by atoms with Gasteiger partial charge in [-0.25, -0.2) is 19.7 Å². The molecule has 228 valence electrons. The first-order valence-electron chi connectivity index (χ1n) is 14.0. The molecule has 1 spiro atoms. The van der Waals surface area contributed by atoms with Crippen LogP contribution in [-0.4, -0.2) is 82.7 Å². The van der Waals surface area contributed by atoms with Gasteiger partial charge in [-0.3, -0.25) is 0 Å². The zero-order chi connectivity index (χ0) is 30.8. The molecule has 0 unspecified atom stereocenters. The van der Waals surface area contributed by atoms with Crippen molar-refractivity contribution < 1.29 is 41.7 Å². The number of para-hydroxylation sites is 1. The number of furan rings is 1. The average Bonchev–Trinajstić information content (AvgIpc) is 3.58. The SMILES string of the molecule is C#Cc1cnc(O[C@H]2C[C@@H](C(=O)O)N(c3nc(C(F)(F)F)nc4c3oc3ccccc34)C2)c(N2CCOC3(COC3)[C@@H]2C)c1. The van der Waals surface area contributed by atoms with E-state index in [0.717, 1.165) is 0 Å². The summed E-state index contributed by atoms with van der Waals surface area (Å²) >= 11 is 0. The molecule has 3 aliphatic heterocycles. The van der Waals surface area contributed by atoms with Gasteiger partial charge in [0, 0.05) is 30.1 Å². The number of pyridine rings is 1. The second-order valence-corrected chi connectivity index (χ2v) is 11.1. The van der Waals surface area contributed by atoms with Crippen LogP contribution in [0.2, 0.25) is 0 Å². The van der Waals surface area contributed by atoms with Crippen LogP contribution in [0.5, 0.6) is 5.88 Å². The van der Waals surface area contributed by atoms with Crippen molar-refractivity contribution in [3.63, 3.8) is 0 Å². The van der Waals surface area contributed by atoms with Crippen LogP contribution in [0.15, 0.2) is 40.9 Å². The lowest BCUT2D eigenvalue weighted by atomic mass is 9.90. The number of hydrogen-bond acceptors (Lipinski definition) is 10. The second-order valence-electron chi connectivity index (χ2n) is 11.1. The molecule has 0 radical (unpaired) electrons. The number of halogens is 3. The number of anilines is 2. The number of alkyl halides is 3. The van der Waals surface area contributed by atoms with Crippen LogP contribution in [0.3, 0.4) is 0 Å². The van der Waals surface area contributed by atoms with Crippen LogP contribution in [0.4, 0.5) is 24.7 Å². The lowest BCUT2D eigenvalue weighted by Gasteiger charge is -2.53. The first-order chi connectivity index (χ1) is 21.1. The minimum Gasteiger partial charge on any atom is -0.480 e. The number of morpholine rings is 1. The molecular formula is C30H26F3N5O6. The molecule has 0 bridgehead atoms. The molecular weight excluding hydrogens is 583 g/mol. The third-order valence-corrected chi connectivity index (χ3v) is 8.51. The summed E-state index contributed by atoms with van der Waals surface area (Å²) in [6, 6.07) is 6.90. The maximum atomic E-state index is 13.9. The lowest BCUT2D eigenvalue weighted by Crippen LogP contribution is -2.68. The quantitative estimate of drug-likeness (QED) is 0.332. The molecule has 14 heteroatoms. The summed E-state index contributed by atoms with van der Waals surface area (Å²) in [5.41, 5.74) is 0.839. The third-order valence-electron chi connectivity index (χ3n) is 8.51. The van der Waals surface area contributed by atoms with Gasteiger partial charge in [-0.2, -0.15) is 13.2 Å².